The molecule has 3 rings (SSSR count). The van der Waals surface area contributed by atoms with Gasteiger partial charge in [-0.1, -0.05) is 30.3 Å². The Labute approximate surface area is 213 Å². The van der Waals surface area contributed by atoms with Crippen molar-refractivity contribution in [2.45, 2.75) is 52.0 Å². The van der Waals surface area contributed by atoms with Gasteiger partial charge in [0, 0.05) is 25.8 Å². The summed E-state index contributed by atoms with van der Waals surface area (Å²) in [6.07, 6.45) is 2.06. The maximum absolute atomic E-state index is 13.3. The van der Waals surface area contributed by atoms with E-state index in [4.69, 9.17) is 14.2 Å². The fourth-order valence-electron chi connectivity index (χ4n) is 3.44. The Hall–Kier alpha value is -1.91. The fraction of sp³-hybridized carbons (Fsp3) is 0.480. The molecule has 1 aliphatic rings. The molecule has 2 aromatic carbocycles. The minimum absolute atomic E-state index is 0. The second kappa shape index (κ2) is 15.1. The molecule has 0 aliphatic carbocycles. The van der Waals surface area contributed by atoms with E-state index >= 15 is 0 Å². The Morgan fingerprint density at radius 2 is 1.88 bits per heavy atom. The summed E-state index contributed by atoms with van der Waals surface area (Å²) >= 11 is 0. The van der Waals surface area contributed by atoms with Gasteiger partial charge in [0.05, 0.1) is 25.8 Å². The maximum atomic E-state index is 13.3. The second-order valence-corrected chi connectivity index (χ2v) is 7.90. The van der Waals surface area contributed by atoms with Gasteiger partial charge in [0.15, 0.2) is 5.96 Å². The molecule has 0 amide bonds. The molecule has 0 radical (unpaired) electrons. The van der Waals surface area contributed by atoms with Crippen LogP contribution in [0.1, 0.15) is 37.8 Å². The number of halogens is 2. The topological polar surface area (TPSA) is 64.1 Å². The third-order valence-corrected chi connectivity index (χ3v) is 5.10. The van der Waals surface area contributed by atoms with Crippen molar-refractivity contribution >= 4 is 29.9 Å². The van der Waals surface area contributed by atoms with Gasteiger partial charge in [0.1, 0.15) is 17.7 Å². The van der Waals surface area contributed by atoms with Crippen LogP contribution in [-0.4, -0.2) is 44.5 Å². The maximum Gasteiger partial charge on any atom is 0.191 e. The van der Waals surface area contributed by atoms with Crippen molar-refractivity contribution in [3.05, 3.63) is 65.5 Å². The predicted octanol–water partition coefficient (Wildman–Crippen LogP) is 4.66. The number of aliphatic imine (C=N–C) groups is 1. The summed E-state index contributed by atoms with van der Waals surface area (Å²) in [5.74, 6) is 0.921. The number of guanidine groups is 1. The van der Waals surface area contributed by atoms with Gasteiger partial charge in [-0.25, -0.2) is 9.38 Å². The molecule has 1 saturated heterocycles. The number of hydrogen-bond acceptors (Lipinski definition) is 4. The highest BCUT2D eigenvalue weighted by atomic mass is 127. The zero-order chi connectivity index (χ0) is 22.6. The summed E-state index contributed by atoms with van der Waals surface area (Å²) in [7, 11) is 0. The molecule has 1 aliphatic heterocycles. The lowest BCUT2D eigenvalue weighted by atomic mass is 10.1. The molecule has 8 heteroatoms. The van der Waals surface area contributed by atoms with Crippen LogP contribution in [0.25, 0.3) is 0 Å². The van der Waals surface area contributed by atoms with E-state index < -0.39 is 0 Å². The highest BCUT2D eigenvalue weighted by molar-refractivity contribution is 14.0. The van der Waals surface area contributed by atoms with Crippen molar-refractivity contribution in [2.24, 2.45) is 4.99 Å². The number of rotatable bonds is 10. The minimum Gasteiger partial charge on any atom is -0.489 e. The highest BCUT2D eigenvalue weighted by Gasteiger charge is 2.14. The molecule has 2 aromatic rings. The number of hydrogen-bond donors (Lipinski definition) is 2. The molecule has 1 atom stereocenters. The van der Waals surface area contributed by atoms with Crippen LogP contribution in [0.4, 0.5) is 4.39 Å². The zero-order valence-electron chi connectivity index (χ0n) is 19.4. The van der Waals surface area contributed by atoms with E-state index in [1.807, 2.05) is 19.9 Å². The monoisotopic (exact) mass is 571 g/mol. The molecular weight excluding hydrogens is 536 g/mol. The van der Waals surface area contributed by atoms with Gasteiger partial charge in [0.2, 0.25) is 0 Å². The quantitative estimate of drug-likeness (QED) is 0.247. The molecule has 6 nitrogen and oxygen atoms in total. The molecule has 182 valence electrons. The van der Waals surface area contributed by atoms with E-state index in [0.717, 1.165) is 43.7 Å². The average molecular weight is 571 g/mol. The van der Waals surface area contributed by atoms with Crippen molar-refractivity contribution in [2.75, 3.05) is 26.3 Å². The van der Waals surface area contributed by atoms with Gasteiger partial charge < -0.3 is 24.8 Å². The number of nitrogens with zero attached hydrogens (tertiary/aromatic N) is 1. The lowest BCUT2D eigenvalue weighted by molar-refractivity contribution is -0.0390. The van der Waals surface area contributed by atoms with Crippen molar-refractivity contribution in [3.8, 4) is 5.75 Å². The smallest absolute Gasteiger partial charge is 0.191 e. The van der Waals surface area contributed by atoms with Crippen LogP contribution in [0.5, 0.6) is 5.75 Å². The van der Waals surface area contributed by atoms with Gasteiger partial charge in [-0.05, 0) is 49.9 Å². The summed E-state index contributed by atoms with van der Waals surface area (Å²) in [5.41, 5.74) is 2.28. The summed E-state index contributed by atoms with van der Waals surface area (Å²) in [6.45, 7) is 7.99. The normalized spacial score (nSPS) is 15.4. The largest absolute Gasteiger partial charge is 0.489 e. The molecule has 1 unspecified atom stereocenters. The van der Waals surface area contributed by atoms with Crippen LogP contribution < -0.4 is 15.4 Å². The van der Waals surface area contributed by atoms with Crippen LogP contribution in [0.2, 0.25) is 0 Å². The first-order chi connectivity index (χ1) is 15.6. The summed E-state index contributed by atoms with van der Waals surface area (Å²) < 4.78 is 30.5. The Morgan fingerprint density at radius 3 is 2.64 bits per heavy atom. The molecule has 2 N–H and O–H groups in total. The Morgan fingerprint density at radius 1 is 1.12 bits per heavy atom. The van der Waals surface area contributed by atoms with Crippen molar-refractivity contribution in [3.63, 3.8) is 0 Å². The number of ether oxygens (including phenoxy) is 3. The Balaban J connectivity index is 0.00000385. The standard InChI is InChI=1S/C25H34FN3O3.HI/c1-3-27-25(28-16-19(2)32-24-9-5-8-22(26)15-24)29-17-20-6-4-7-21(14-20)18-31-23-10-12-30-13-11-23;/h4-9,14-15,19,23H,3,10-13,16-18H2,1-2H3,(H2,27,28,29);1H. The van der Waals surface area contributed by atoms with Gasteiger partial charge in [0.25, 0.3) is 0 Å². The van der Waals surface area contributed by atoms with Crippen molar-refractivity contribution in [1.82, 2.24) is 10.6 Å². The van der Waals surface area contributed by atoms with Crippen LogP contribution in [0.15, 0.2) is 53.5 Å². The molecule has 1 fully saturated rings. The molecule has 0 spiro atoms. The van der Waals surface area contributed by atoms with Crippen LogP contribution >= 0.6 is 24.0 Å². The fourth-order valence-corrected chi connectivity index (χ4v) is 3.44. The first-order valence-corrected chi connectivity index (χ1v) is 11.3. The van der Waals surface area contributed by atoms with E-state index in [-0.39, 0.29) is 42.0 Å². The van der Waals surface area contributed by atoms with E-state index in [2.05, 4.69) is 33.8 Å². The van der Waals surface area contributed by atoms with Crippen LogP contribution in [0.3, 0.4) is 0 Å². The number of benzene rings is 2. The van der Waals surface area contributed by atoms with Crippen molar-refractivity contribution < 1.29 is 18.6 Å². The SMILES string of the molecule is CCNC(=NCc1cccc(COC2CCOCC2)c1)NCC(C)Oc1cccc(F)c1.I. The third kappa shape index (κ3) is 10.3. The Kier molecular flexibility index (Phi) is 12.5. The van der Waals surface area contributed by atoms with Gasteiger partial charge >= 0.3 is 0 Å². The molecule has 0 saturated carbocycles. The average Bonchev–Trinajstić information content (AvgIpc) is 2.80. The summed E-state index contributed by atoms with van der Waals surface area (Å²) in [4.78, 5) is 4.69. The number of nitrogens with one attached hydrogen (secondary N) is 2. The molecule has 0 bridgehead atoms. The Bertz CT molecular complexity index is 862. The van der Waals surface area contributed by atoms with Gasteiger partial charge in [-0.2, -0.15) is 0 Å². The van der Waals surface area contributed by atoms with E-state index in [0.29, 0.717) is 31.4 Å². The highest BCUT2D eigenvalue weighted by Crippen LogP contribution is 2.15. The molecular formula is C25H35FIN3O3. The first kappa shape index (κ1) is 27.3. The molecule has 33 heavy (non-hydrogen) atoms. The lowest BCUT2D eigenvalue weighted by Gasteiger charge is -2.22. The van der Waals surface area contributed by atoms with E-state index in [1.54, 1.807) is 12.1 Å². The van der Waals surface area contributed by atoms with E-state index in [9.17, 15) is 4.39 Å². The molecule has 1 heterocycles. The summed E-state index contributed by atoms with van der Waals surface area (Å²) in [5, 5.41) is 6.54. The third-order valence-electron chi connectivity index (χ3n) is 5.10. The van der Waals surface area contributed by atoms with Gasteiger partial charge in [-0.3, -0.25) is 0 Å². The van der Waals surface area contributed by atoms with Crippen LogP contribution in [-0.2, 0) is 22.6 Å². The predicted molar refractivity (Wildman–Crippen MR) is 140 cm³/mol. The first-order valence-electron chi connectivity index (χ1n) is 11.3. The second-order valence-electron chi connectivity index (χ2n) is 7.90. The zero-order valence-corrected chi connectivity index (χ0v) is 21.7. The lowest BCUT2D eigenvalue weighted by Crippen LogP contribution is -2.41. The van der Waals surface area contributed by atoms with Gasteiger partial charge in [-0.15, -0.1) is 24.0 Å². The minimum atomic E-state index is -0.307. The van der Waals surface area contributed by atoms with E-state index in [1.165, 1.54) is 12.1 Å². The van der Waals surface area contributed by atoms with Crippen LogP contribution in [0, 0.1) is 5.82 Å². The summed E-state index contributed by atoms with van der Waals surface area (Å²) in [6, 6.07) is 14.5. The molecule has 0 aromatic heterocycles. The van der Waals surface area contributed by atoms with Crippen molar-refractivity contribution in [1.29, 1.82) is 0 Å².